The van der Waals surface area contributed by atoms with E-state index in [2.05, 4.69) is 53.7 Å². The summed E-state index contributed by atoms with van der Waals surface area (Å²) in [5, 5.41) is 1.38. The smallest absolute Gasteiger partial charge is 0.119 e. The summed E-state index contributed by atoms with van der Waals surface area (Å²) in [6.45, 7) is 4.40. The summed E-state index contributed by atoms with van der Waals surface area (Å²) in [5.74, 6) is 0.958. The van der Waals surface area contributed by atoms with Gasteiger partial charge in [0.2, 0.25) is 0 Å². The number of aryl methyl sites for hydroxylation is 1. The van der Waals surface area contributed by atoms with Crippen LogP contribution in [0.3, 0.4) is 0 Å². The van der Waals surface area contributed by atoms with Gasteiger partial charge in [-0.05, 0) is 64.3 Å². The first-order valence-corrected chi connectivity index (χ1v) is 8.11. The van der Waals surface area contributed by atoms with Crippen LogP contribution in [0.15, 0.2) is 18.2 Å². The predicted octanol–water partition coefficient (Wildman–Crippen LogP) is 2.59. The molecule has 0 atom stereocenters. The van der Waals surface area contributed by atoms with Gasteiger partial charge in [-0.15, -0.1) is 0 Å². The highest BCUT2D eigenvalue weighted by molar-refractivity contribution is 5.87. The van der Waals surface area contributed by atoms with Crippen LogP contribution in [-0.4, -0.2) is 55.7 Å². The quantitative estimate of drug-likeness (QED) is 0.847. The maximum absolute atomic E-state index is 5.43. The molecule has 1 aromatic carbocycles. The number of methoxy groups -OCH3 is 1. The molecule has 0 unspecified atom stereocenters. The van der Waals surface area contributed by atoms with Gasteiger partial charge in [0, 0.05) is 36.2 Å². The Labute approximate surface area is 133 Å². The summed E-state index contributed by atoms with van der Waals surface area (Å²) in [4.78, 5) is 4.67. The molecule has 22 heavy (non-hydrogen) atoms. The summed E-state index contributed by atoms with van der Waals surface area (Å²) in [6.07, 6.45) is 2.31. The number of ether oxygens (including phenoxy) is 1. The summed E-state index contributed by atoms with van der Waals surface area (Å²) < 4.78 is 7.96. The largest absolute Gasteiger partial charge is 0.497 e. The molecule has 0 radical (unpaired) electrons. The first-order chi connectivity index (χ1) is 10.6. The molecule has 0 N–H and O–H groups in total. The lowest BCUT2D eigenvalue weighted by Crippen LogP contribution is -2.28. The normalized spacial score (nSPS) is 15.5. The Morgan fingerprint density at radius 3 is 2.82 bits per heavy atom. The third-order valence-corrected chi connectivity index (χ3v) is 4.64. The molecule has 2 heterocycles. The molecular formula is C18H27N3O. The third kappa shape index (κ3) is 2.85. The van der Waals surface area contributed by atoms with Gasteiger partial charge in [-0.1, -0.05) is 0 Å². The van der Waals surface area contributed by atoms with Crippen LogP contribution in [0.1, 0.15) is 17.7 Å². The van der Waals surface area contributed by atoms with Crippen LogP contribution in [0.5, 0.6) is 5.75 Å². The molecule has 0 spiro atoms. The molecule has 0 aliphatic carbocycles. The number of aromatic nitrogens is 1. The predicted molar refractivity (Wildman–Crippen MR) is 91.7 cm³/mol. The van der Waals surface area contributed by atoms with Crippen molar-refractivity contribution in [3.8, 4) is 5.75 Å². The van der Waals surface area contributed by atoms with Crippen LogP contribution in [0.25, 0.3) is 10.9 Å². The molecule has 4 heteroatoms. The van der Waals surface area contributed by atoms with Crippen molar-refractivity contribution in [1.29, 1.82) is 0 Å². The molecule has 0 saturated carbocycles. The minimum atomic E-state index is 0.958. The Morgan fingerprint density at radius 2 is 2.09 bits per heavy atom. The summed E-state index contributed by atoms with van der Waals surface area (Å²) in [5.41, 5.74) is 4.38. The van der Waals surface area contributed by atoms with Crippen LogP contribution < -0.4 is 4.74 Å². The lowest BCUT2D eigenvalue weighted by molar-refractivity contribution is 0.301. The van der Waals surface area contributed by atoms with Crippen molar-refractivity contribution in [3.63, 3.8) is 0 Å². The van der Waals surface area contributed by atoms with Crippen molar-refractivity contribution < 1.29 is 4.74 Å². The molecule has 0 bridgehead atoms. The maximum atomic E-state index is 5.43. The monoisotopic (exact) mass is 301 g/mol. The molecule has 120 valence electrons. The van der Waals surface area contributed by atoms with Crippen LogP contribution in [0.4, 0.5) is 0 Å². The Kier molecular flexibility index (Phi) is 4.41. The van der Waals surface area contributed by atoms with E-state index in [0.29, 0.717) is 0 Å². The first kappa shape index (κ1) is 15.4. The van der Waals surface area contributed by atoms with E-state index in [1.807, 2.05) is 0 Å². The highest BCUT2D eigenvalue weighted by Crippen LogP contribution is 2.33. The summed E-state index contributed by atoms with van der Waals surface area (Å²) >= 11 is 0. The minimum Gasteiger partial charge on any atom is -0.497 e. The molecule has 4 nitrogen and oxygen atoms in total. The lowest BCUT2D eigenvalue weighted by Gasteiger charge is -2.24. The van der Waals surface area contributed by atoms with E-state index in [9.17, 15) is 0 Å². The number of rotatable bonds is 5. The van der Waals surface area contributed by atoms with Crippen molar-refractivity contribution in [3.05, 3.63) is 29.5 Å². The average Bonchev–Trinajstić information content (AvgIpc) is 2.79. The zero-order valence-corrected chi connectivity index (χ0v) is 14.2. The Morgan fingerprint density at radius 1 is 1.27 bits per heavy atom. The van der Waals surface area contributed by atoms with Gasteiger partial charge in [0.1, 0.15) is 5.75 Å². The van der Waals surface area contributed by atoms with Crippen molar-refractivity contribution >= 4 is 10.9 Å². The molecule has 0 fully saturated rings. The first-order valence-electron chi connectivity index (χ1n) is 8.11. The number of fused-ring (bicyclic) bond motifs is 3. The van der Waals surface area contributed by atoms with Gasteiger partial charge >= 0.3 is 0 Å². The average molecular weight is 301 g/mol. The summed E-state index contributed by atoms with van der Waals surface area (Å²) in [6, 6.07) is 6.52. The Balaban J connectivity index is 2.02. The van der Waals surface area contributed by atoms with Gasteiger partial charge in [-0.3, -0.25) is 0 Å². The van der Waals surface area contributed by atoms with Crippen molar-refractivity contribution in [2.45, 2.75) is 25.9 Å². The van der Waals surface area contributed by atoms with Gasteiger partial charge < -0.3 is 19.1 Å². The van der Waals surface area contributed by atoms with Gasteiger partial charge in [-0.25, -0.2) is 0 Å². The zero-order chi connectivity index (χ0) is 15.7. The van der Waals surface area contributed by atoms with Gasteiger partial charge in [0.25, 0.3) is 0 Å². The van der Waals surface area contributed by atoms with Crippen LogP contribution >= 0.6 is 0 Å². The van der Waals surface area contributed by atoms with Crippen molar-refractivity contribution in [1.82, 2.24) is 14.4 Å². The number of nitrogens with zero attached hydrogens (tertiary/aromatic N) is 3. The topological polar surface area (TPSA) is 20.6 Å². The standard InChI is InChI=1S/C18H27N3O/c1-19(2)9-5-10-21-17-7-6-14(22-4)12-16(17)15-8-11-20(3)13-18(15)21/h6-7,12H,5,8-11,13H2,1-4H3. The van der Waals surface area contributed by atoms with Gasteiger partial charge in [-0.2, -0.15) is 0 Å². The second-order valence-corrected chi connectivity index (χ2v) is 6.60. The van der Waals surface area contributed by atoms with E-state index in [1.165, 1.54) is 28.6 Å². The minimum absolute atomic E-state index is 0.958. The molecule has 1 aliphatic rings. The Bertz CT molecular complexity index is 660. The lowest BCUT2D eigenvalue weighted by atomic mass is 10.0. The molecular weight excluding hydrogens is 274 g/mol. The van der Waals surface area contributed by atoms with Crippen LogP contribution in [0, 0.1) is 0 Å². The Hall–Kier alpha value is -1.52. The number of hydrogen-bond acceptors (Lipinski definition) is 3. The second-order valence-electron chi connectivity index (χ2n) is 6.60. The fourth-order valence-corrected chi connectivity index (χ4v) is 3.48. The third-order valence-electron chi connectivity index (χ3n) is 4.64. The highest BCUT2D eigenvalue weighted by Gasteiger charge is 2.22. The number of hydrogen-bond donors (Lipinski definition) is 0. The van der Waals surface area contributed by atoms with Crippen molar-refractivity contribution in [2.24, 2.45) is 0 Å². The van der Waals surface area contributed by atoms with E-state index in [-0.39, 0.29) is 0 Å². The van der Waals surface area contributed by atoms with E-state index in [1.54, 1.807) is 7.11 Å². The highest BCUT2D eigenvalue weighted by atomic mass is 16.5. The molecule has 0 saturated heterocycles. The van der Waals surface area contributed by atoms with E-state index < -0.39 is 0 Å². The summed E-state index contributed by atoms with van der Waals surface area (Å²) in [7, 11) is 8.24. The molecule has 2 aromatic rings. The molecule has 1 aromatic heterocycles. The SMILES string of the molecule is COc1ccc2c(c1)c1c(n2CCCN(C)C)CN(C)CC1. The number of benzene rings is 1. The zero-order valence-electron chi connectivity index (χ0n) is 14.2. The van der Waals surface area contributed by atoms with Crippen LogP contribution in [0.2, 0.25) is 0 Å². The van der Waals surface area contributed by atoms with Crippen molar-refractivity contribution in [2.75, 3.05) is 41.3 Å². The molecule has 3 rings (SSSR count). The fourth-order valence-electron chi connectivity index (χ4n) is 3.48. The van der Waals surface area contributed by atoms with Gasteiger partial charge in [0.05, 0.1) is 7.11 Å². The van der Waals surface area contributed by atoms with Crippen LogP contribution in [-0.2, 0) is 19.5 Å². The fraction of sp³-hybridized carbons (Fsp3) is 0.556. The van der Waals surface area contributed by atoms with E-state index >= 15 is 0 Å². The number of likely N-dealkylation sites (N-methyl/N-ethyl adjacent to an activating group) is 1. The second kappa shape index (κ2) is 6.31. The van der Waals surface area contributed by atoms with E-state index in [0.717, 1.165) is 38.3 Å². The molecule has 1 aliphatic heterocycles. The van der Waals surface area contributed by atoms with Gasteiger partial charge in [0.15, 0.2) is 0 Å². The van der Waals surface area contributed by atoms with E-state index in [4.69, 9.17) is 4.74 Å². The maximum Gasteiger partial charge on any atom is 0.119 e. The molecule has 0 amide bonds.